The highest BCUT2D eigenvalue weighted by molar-refractivity contribution is 8.16. The van der Waals surface area contributed by atoms with Crippen LogP contribution < -0.4 is 4.74 Å². The Balaban J connectivity index is 2.01. The molecule has 0 N–H and O–H groups in total. The number of carbonyl (C=O) groups excluding carboxylic acids is 2. The molecule has 0 aliphatic carbocycles. The van der Waals surface area contributed by atoms with Crippen molar-refractivity contribution in [3.05, 3.63) is 58.9 Å². The van der Waals surface area contributed by atoms with Crippen LogP contribution in [-0.4, -0.2) is 42.5 Å². The van der Waals surface area contributed by atoms with Gasteiger partial charge in [-0.3, -0.25) is 9.78 Å². The van der Waals surface area contributed by atoms with Gasteiger partial charge in [0.15, 0.2) is 0 Å². The quantitative estimate of drug-likeness (QED) is 0.467. The third-order valence-electron chi connectivity index (χ3n) is 5.10. The molecule has 0 saturated carbocycles. The summed E-state index contributed by atoms with van der Waals surface area (Å²) in [5.41, 5.74) is 2.97. The number of nitrogens with zero attached hydrogens (tertiary/aromatic N) is 1. The van der Waals surface area contributed by atoms with Crippen molar-refractivity contribution in [3.63, 3.8) is 0 Å². The topological polar surface area (TPSA) is 65.5 Å². The van der Waals surface area contributed by atoms with Crippen molar-refractivity contribution in [2.75, 3.05) is 25.7 Å². The lowest BCUT2D eigenvalue weighted by Crippen LogP contribution is -2.27. The second-order valence-electron chi connectivity index (χ2n) is 6.75. The van der Waals surface area contributed by atoms with Gasteiger partial charge in [0.1, 0.15) is 11.5 Å². The molecule has 0 radical (unpaired) electrons. The highest BCUT2D eigenvalue weighted by Crippen LogP contribution is 2.53. The van der Waals surface area contributed by atoms with E-state index in [1.807, 2.05) is 12.1 Å². The Labute approximate surface area is 180 Å². The van der Waals surface area contributed by atoms with E-state index in [1.165, 1.54) is 6.20 Å². The lowest BCUT2D eigenvalue weighted by Gasteiger charge is -2.36. The van der Waals surface area contributed by atoms with Crippen molar-refractivity contribution in [3.8, 4) is 5.75 Å². The summed E-state index contributed by atoms with van der Waals surface area (Å²) in [4.78, 5) is 28.8. The predicted octanol–water partition coefficient (Wildman–Crippen LogP) is 4.64. The fourth-order valence-electron chi connectivity index (χ4n) is 3.61. The number of hydrogen-bond donors (Lipinski definition) is 0. The number of ketones is 1. The van der Waals surface area contributed by atoms with E-state index in [-0.39, 0.29) is 9.86 Å². The van der Waals surface area contributed by atoms with Crippen LogP contribution in [0.3, 0.4) is 0 Å². The van der Waals surface area contributed by atoms with Crippen molar-refractivity contribution in [1.82, 2.24) is 4.98 Å². The Hall–Kier alpha value is -1.99. The molecule has 3 rings (SSSR count). The zero-order chi connectivity index (χ0) is 21.0. The fraction of sp³-hybridized carbons (Fsp3) is 0.409. The number of ether oxygens (including phenoxy) is 2. The molecule has 1 aromatic carbocycles. The minimum Gasteiger partial charge on any atom is -0.493 e. The first-order valence-corrected chi connectivity index (χ1v) is 11.9. The van der Waals surface area contributed by atoms with Gasteiger partial charge in [-0.1, -0.05) is 6.07 Å². The van der Waals surface area contributed by atoms with Crippen LogP contribution in [0.1, 0.15) is 53.4 Å². The summed E-state index contributed by atoms with van der Waals surface area (Å²) < 4.78 is 10.8. The van der Waals surface area contributed by atoms with Crippen LogP contribution in [0.15, 0.2) is 36.5 Å². The van der Waals surface area contributed by atoms with E-state index in [4.69, 9.17) is 9.47 Å². The molecule has 154 valence electrons. The lowest BCUT2D eigenvalue weighted by molar-refractivity contribution is -0.117. The van der Waals surface area contributed by atoms with Crippen molar-refractivity contribution < 1.29 is 19.1 Å². The van der Waals surface area contributed by atoms with E-state index in [0.29, 0.717) is 24.5 Å². The van der Waals surface area contributed by atoms with Crippen LogP contribution >= 0.6 is 23.5 Å². The molecule has 2 aromatic rings. The third kappa shape index (κ3) is 4.31. The Morgan fingerprint density at radius 3 is 2.59 bits per heavy atom. The molecule has 1 aliphatic heterocycles. The summed E-state index contributed by atoms with van der Waals surface area (Å²) in [7, 11) is 0. The summed E-state index contributed by atoms with van der Waals surface area (Å²) in [5, 5.41) is 0. The Morgan fingerprint density at radius 1 is 1.24 bits per heavy atom. The van der Waals surface area contributed by atoms with Crippen LogP contribution in [0.4, 0.5) is 0 Å². The molecule has 0 fully saturated rings. The predicted molar refractivity (Wildman–Crippen MR) is 118 cm³/mol. The van der Waals surface area contributed by atoms with Crippen molar-refractivity contribution >= 4 is 35.3 Å². The largest absolute Gasteiger partial charge is 0.493 e. The smallest absolute Gasteiger partial charge is 0.339 e. The van der Waals surface area contributed by atoms with Gasteiger partial charge in [-0.15, -0.1) is 23.5 Å². The van der Waals surface area contributed by atoms with Gasteiger partial charge >= 0.3 is 5.97 Å². The molecule has 0 amide bonds. The lowest BCUT2D eigenvalue weighted by atomic mass is 9.89. The van der Waals surface area contributed by atoms with Gasteiger partial charge in [-0.2, -0.15) is 0 Å². The van der Waals surface area contributed by atoms with Crippen LogP contribution in [0.5, 0.6) is 5.75 Å². The average molecular weight is 432 g/mol. The molecular weight excluding hydrogens is 406 g/mol. The Bertz CT molecular complexity index is 894. The zero-order valence-corrected chi connectivity index (χ0v) is 18.7. The minimum absolute atomic E-state index is 0.00281. The first-order valence-electron chi connectivity index (χ1n) is 9.46. The monoisotopic (exact) mass is 431 g/mol. The fourth-order valence-corrected chi connectivity index (χ4v) is 5.61. The summed E-state index contributed by atoms with van der Waals surface area (Å²) in [6, 6.07) is 9.35. The van der Waals surface area contributed by atoms with E-state index >= 15 is 0 Å². The average Bonchev–Trinajstić information content (AvgIpc) is 2.74. The molecule has 0 spiro atoms. The minimum atomic E-state index is -0.500. The van der Waals surface area contributed by atoms with Gasteiger partial charge in [0.05, 0.1) is 34.5 Å². The van der Waals surface area contributed by atoms with Crippen LogP contribution in [0, 0.1) is 0 Å². The number of thioether (sulfide) groups is 2. The number of hydrogen-bond acceptors (Lipinski definition) is 7. The number of aromatic nitrogens is 1. The first-order chi connectivity index (χ1) is 14.0. The van der Waals surface area contributed by atoms with E-state index in [9.17, 15) is 9.59 Å². The maximum atomic E-state index is 12.6. The summed E-state index contributed by atoms with van der Waals surface area (Å²) in [5.74, 6) is -0.0463. The van der Waals surface area contributed by atoms with E-state index in [2.05, 4.69) is 23.6 Å². The number of Topliss-reactive ketones (excluding diaryl/α,β-unsaturated/α-hetero) is 1. The number of fused-ring (bicyclic) bond motifs is 1. The van der Waals surface area contributed by atoms with Crippen LogP contribution in [0.2, 0.25) is 0 Å². The molecule has 5 nitrogen and oxygen atoms in total. The molecule has 1 unspecified atom stereocenters. The highest BCUT2D eigenvalue weighted by Gasteiger charge is 2.37. The third-order valence-corrected chi connectivity index (χ3v) is 8.26. The maximum Gasteiger partial charge on any atom is 0.339 e. The molecule has 0 bridgehead atoms. The van der Waals surface area contributed by atoms with Gasteiger partial charge in [0, 0.05) is 18.2 Å². The van der Waals surface area contributed by atoms with Gasteiger partial charge in [0.25, 0.3) is 0 Å². The molecule has 29 heavy (non-hydrogen) atoms. The molecular formula is C22H25NO4S2. The van der Waals surface area contributed by atoms with Crippen molar-refractivity contribution in [2.45, 2.75) is 30.3 Å². The molecule has 1 aliphatic rings. The summed E-state index contributed by atoms with van der Waals surface area (Å²) in [6.07, 6.45) is 6.59. The zero-order valence-electron chi connectivity index (χ0n) is 17.1. The first kappa shape index (κ1) is 21.7. The molecule has 0 saturated heterocycles. The number of esters is 1. The summed E-state index contributed by atoms with van der Waals surface area (Å²) >= 11 is 3.60. The van der Waals surface area contributed by atoms with Gasteiger partial charge < -0.3 is 9.47 Å². The highest BCUT2D eigenvalue weighted by atomic mass is 32.2. The van der Waals surface area contributed by atoms with E-state index in [0.717, 1.165) is 23.3 Å². The van der Waals surface area contributed by atoms with Crippen LogP contribution in [-0.2, 0) is 13.6 Å². The second kappa shape index (κ2) is 9.22. The molecule has 1 aromatic heterocycles. The van der Waals surface area contributed by atoms with Crippen LogP contribution in [0.25, 0.3) is 0 Å². The van der Waals surface area contributed by atoms with Gasteiger partial charge in [-0.25, -0.2) is 4.79 Å². The summed E-state index contributed by atoms with van der Waals surface area (Å²) in [6.45, 7) is 4.31. The van der Waals surface area contributed by atoms with Crippen molar-refractivity contribution in [2.24, 2.45) is 0 Å². The van der Waals surface area contributed by atoms with Gasteiger partial charge in [0.2, 0.25) is 0 Å². The normalized spacial score (nSPS) is 15.7. The van der Waals surface area contributed by atoms with Gasteiger partial charge in [-0.05, 0) is 56.2 Å². The van der Waals surface area contributed by atoms with E-state index in [1.54, 1.807) is 49.5 Å². The second-order valence-corrected chi connectivity index (χ2v) is 9.22. The maximum absolute atomic E-state index is 12.6. The molecule has 2 heterocycles. The number of carbonyl (C=O) groups is 2. The number of rotatable bonds is 7. The Kier molecular flexibility index (Phi) is 6.90. The molecule has 7 heteroatoms. The van der Waals surface area contributed by atoms with Crippen molar-refractivity contribution in [1.29, 1.82) is 0 Å². The number of benzene rings is 1. The SMILES string of the molecule is CCOC(=O)c1ccc(C(C(C)=O)c2ccc3c(c2)C(SC)(SC)CCO3)nc1. The van der Waals surface area contributed by atoms with E-state index < -0.39 is 11.9 Å². The number of pyridine rings is 1. The Morgan fingerprint density at radius 2 is 2.00 bits per heavy atom. The molecule has 1 atom stereocenters. The standard InChI is InChI=1S/C22H25NO4S2/c1-5-26-21(25)16-6-8-18(23-13-16)20(14(2)24)15-7-9-19-17(12-15)22(28-3,29-4)10-11-27-19/h6-9,12-13,20H,5,10-11H2,1-4H3.